The van der Waals surface area contributed by atoms with Crippen LogP contribution in [0.15, 0.2) is 75.7 Å². The summed E-state index contributed by atoms with van der Waals surface area (Å²) in [4.78, 5) is 0. The van der Waals surface area contributed by atoms with Crippen molar-refractivity contribution in [2.75, 3.05) is 0 Å². The molecule has 0 heterocycles. The second kappa shape index (κ2) is 5.73. The highest BCUT2D eigenvalue weighted by Gasteiger charge is 2.35. The van der Waals surface area contributed by atoms with Crippen molar-refractivity contribution >= 4 is 37.6 Å². The predicted molar refractivity (Wildman–Crippen MR) is 102 cm³/mol. The van der Waals surface area contributed by atoms with Crippen LogP contribution in [0.4, 0.5) is 0 Å². The maximum atomic E-state index is 8.57. The van der Waals surface area contributed by atoms with E-state index in [1.807, 2.05) is 24.3 Å². The summed E-state index contributed by atoms with van der Waals surface area (Å²) in [5.74, 6) is 0.0912. The zero-order valence-corrected chi connectivity index (χ0v) is 15.4. The van der Waals surface area contributed by atoms with Crippen molar-refractivity contribution in [1.29, 1.82) is 5.41 Å². The summed E-state index contributed by atoms with van der Waals surface area (Å²) in [6, 6.07) is 22.9. The van der Waals surface area contributed by atoms with Crippen LogP contribution in [0, 0.1) is 5.41 Å². The van der Waals surface area contributed by atoms with Crippen molar-refractivity contribution in [3.8, 4) is 11.1 Å². The predicted octanol–water partition coefficient (Wildman–Crippen LogP) is 6.39. The van der Waals surface area contributed by atoms with Crippen LogP contribution in [-0.2, 0) is 0 Å². The first-order valence-corrected chi connectivity index (χ1v) is 8.97. The van der Waals surface area contributed by atoms with Gasteiger partial charge >= 0.3 is 0 Å². The minimum atomic E-state index is 0.0912. The van der Waals surface area contributed by atoms with Crippen molar-refractivity contribution in [2.24, 2.45) is 0 Å². The first-order valence-electron chi connectivity index (χ1n) is 7.38. The standard InChI is InChI=1S/C20H13Br2N/c21-14-8-4-12(5-9-14)16-2-1-3-17-18(20(23)19(16)17)13-6-10-15(22)11-7-13/h1-11,18,23H. The molecule has 112 valence electrons. The molecule has 1 N–H and O–H groups in total. The molecule has 3 aromatic carbocycles. The average molecular weight is 427 g/mol. The van der Waals surface area contributed by atoms with E-state index in [-0.39, 0.29) is 5.92 Å². The van der Waals surface area contributed by atoms with Crippen molar-refractivity contribution in [3.05, 3.63) is 92.4 Å². The Morgan fingerprint density at radius 2 is 1.35 bits per heavy atom. The third-order valence-corrected chi connectivity index (χ3v) is 5.38. The van der Waals surface area contributed by atoms with Gasteiger partial charge in [0.15, 0.2) is 0 Å². The fourth-order valence-electron chi connectivity index (χ4n) is 3.20. The summed E-state index contributed by atoms with van der Waals surface area (Å²) in [6.07, 6.45) is 0. The molecule has 3 aromatic rings. The third-order valence-electron chi connectivity index (χ3n) is 4.32. The van der Waals surface area contributed by atoms with Gasteiger partial charge < -0.3 is 5.41 Å². The highest BCUT2D eigenvalue weighted by atomic mass is 79.9. The highest BCUT2D eigenvalue weighted by molar-refractivity contribution is 9.10. The van der Waals surface area contributed by atoms with E-state index in [4.69, 9.17) is 5.41 Å². The van der Waals surface area contributed by atoms with Crippen LogP contribution in [0.1, 0.15) is 22.6 Å². The van der Waals surface area contributed by atoms with Crippen molar-refractivity contribution in [3.63, 3.8) is 0 Å². The number of hydrogen-bond donors (Lipinski definition) is 1. The number of hydrogen-bond acceptors (Lipinski definition) is 1. The molecule has 4 rings (SSSR count). The van der Waals surface area contributed by atoms with Crippen molar-refractivity contribution in [2.45, 2.75) is 5.92 Å². The van der Waals surface area contributed by atoms with E-state index in [1.54, 1.807) is 0 Å². The van der Waals surface area contributed by atoms with Gasteiger partial charge in [-0.15, -0.1) is 0 Å². The van der Waals surface area contributed by atoms with Crippen molar-refractivity contribution < 1.29 is 0 Å². The minimum absolute atomic E-state index is 0.0912. The lowest BCUT2D eigenvalue weighted by Gasteiger charge is -2.34. The lowest BCUT2D eigenvalue weighted by atomic mass is 9.69. The lowest BCUT2D eigenvalue weighted by Crippen LogP contribution is -2.28. The number of halogens is 2. The molecule has 0 radical (unpaired) electrons. The molecule has 0 aromatic heterocycles. The van der Waals surface area contributed by atoms with Crippen LogP contribution < -0.4 is 0 Å². The van der Waals surface area contributed by atoms with Crippen LogP contribution >= 0.6 is 31.9 Å². The van der Waals surface area contributed by atoms with Crippen LogP contribution in [-0.4, -0.2) is 5.71 Å². The van der Waals surface area contributed by atoms with Gasteiger partial charge in [-0.3, -0.25) is 0 Å². The molecule has 1 aliphatic carbocycles. The molecule has 0 bridgehead atoms. The molecule has 1 atom stereocenters. The third kappa shape index (κ3) is 2.48. The second-order valence-electron chi connectivity index (χ2n) is 5.67. The SMILES string of the molecule is N=C1c2c(-c3ccc(Br)cc3)cccc2C1c1ccc(Br)cc1. The Kier molecular flexibility index (Phi) is 3.70. The number of fused-ring (bicyclic) bond motifs is 1. The van der Waals surface area contributed by atoms with E-state index in [9.17, 15) is 0 Å². The summed E-state index contributed by atoms with van der Waals surface area (Å²) >= 11 is 6.95. The maximum absolute atomic E-state index is 8.57. The first kappa shape index (κ1) is 14.9. The van der Waals surface area contributed by atoms with Crippen LogP contribution in [0.3, 0.4) is 0 Å². The smallest absolute Gasteiger partial charge is 0.0519 e. The fourth-order valence-corrected chi connectivity index (χ4v) is 3.73. The minimum Gasteiger partial charge on any atom is -0.304 e. The van der Waals surface area contributed by atoms with E-state index in [0.717, 1.165) is 25.6 Å². The van der Waals surface area contributed by atoms with Gasteiger partial charge in [0.25, 0.3) is 0 Å². The average Bonchev–Trinajstić information content (AvgIpc) is 2.56. The number of rotatable bonds is 2. The molecular weight excluding hydrogens is 414 g/mol. The van der Waals surface area contributed by atoms with Gasteiger partial charge in [0.1, 0.15) is 0 Å². The maximum Gasteiger partial charge on any atom is 0.0519 e. The summed E-state index contributed by atoms with van der Waals surface area (Å²) in [6.45, 7) is 0. The molecule has 3 heteroatoms. The normalized spacial score (nSPS) is 15.9. The molecule has 0 saturated heterocycles. The molecule has 0 amide bonds. The summed E-state index contributed by atoms with van der Waals surface area (Å²) in [5, 5.41) is 8.57. The van der Waals surface area contributed by atoms with Gasteiger partial charge in [0.2, 0.25) is 0 Å². The topological polar surface area (TPSA) is 23.9 Å². The molecular formula is C20H13Br2N. The molecule has 0 spiro atoms. The van der Waals surface area contributed by atoms with E-state index in [1.165, 1.54) is 11.1 Å². The summed E-state index contributed by atoms with van der Waals surface area (Å²) in [5.41, 5.74) is 6.53. The van der Waals surface area contributed by atoms with E-state index in [0.29, 0.717) is 5.71 Å². The molecule has 0 saturated carbocycles. The molecule has 0 aliphatic heterocycles. The van der Waals surface area contributed by atoms with Crippen LogP contribution in [0.5, 0.6) is 0 Å². The Morgan fingerprint density at radius 3 is 2.00 bits per heavy atom. The Hall–Kier alpha value is -1.71. The lowest BCUT2D eigenvalue weighted by molar-refractivity contribution is 0.995. The fraction of sp³-hybridized carbons (Fsp3) is 0.0500. The Labute approximate surface area is 152 Å². The molecule has 23 heavy (non-hydrogen) atoms. The van der Waals surface area contributed by atoms with Crippen LogP contribution in [0.25, 0.3) is 11.1 Å². The monoisotopic (exact) mass is 425 g/mol. The van der Waals surface area contributed by atoms with E-state index >= 15 is 0 Å². The summed E-state index contributed by atoms with van der Waals surface area (Å²) in [7, 11) is 0. The summed E-state index contributed by atoms with van der Waals surface area (Å²) < 4.78 is 2.13. The van der Waals surface area contributed by atoms with Gasteiger partial charge in [-0.05, 0) is 46.5 Å². The van der Waals surface area contributed by atoms with E-state index < -0.39 is 0 Å². The quantitative estimate of drug-likeness (QED) is 0.490. The molecule has 0 fully saturated rings. The van der Waals surface area contributed by atoms with E-state index in [2.05, 4.69) is 74.3 Å². The van der Waals surface area contributed by atoms with Gasteiger partial charge in [0, 0.05) is 14.5 Å². The van der Waals surface area contributed by atoms with Crippen molar-refractivity contribution in [1.82, 2.24) is 0 Å². The Bertz CT molecular complexity index is 896. The zero-order valence-electron chi connectivity index (χ0n) is 12.2. The van der Waals surface area contributed by atoms with Gasteiger partial charge in [-0.1, -0.05) is 74.3 Å². The Balaban J connectivity index is 1.80. The largest absolute Gasteiger partial charge is 0.304 e. The molecule has 1 aliphatic rings. The van der Waals surface area contributed by atoms with Gasteiger partial charge in [0.05, 0.1) is 11.6 Å². The Morgan fingerprint density at radius 1 is 0.739 bits per heavy atom. The van der Waals surface area contributed by atoms with Gasteiger partial charge in [-0.2, -0.15) is 0 Å². The second-order valence-corrected chi connectivity index (χ2v) is 7.51. The van der Waals surface area contributed by atoms with Crippen LogP contribution in [0.2, 0.25) is 0 Å². The van der Waals surface area contributed by atoms with Gasteiger partial charge in [-0.25, -0.2) is 0 Å². The zero-order chi connectivity index (χ0) is 16.0. The first-order chi connectivity index (χ1) is 11.1. The number of benzene rings is 3. The number of nitrogens with one attached hydrogen (secondary N) is 1. The highest BCUT2D eigenvalue weighted by Crippen LogP contribution is 2.44. The molecule has 1 nitrogen and oxygen atoms in total. The molecule has 1 unspecified atom stereocenters.